The fraction of sp³-hybridized carbons (Fsp3) is 0.783. The number of hydrogen-bond acceptors (Lipinski definition) is 6. The second-order valence-electron chi connectivity index (χ2n) is 21.7. The lowest BCUT2D eigenvalue weighted by Gasteiger charge is -2.18. The molecule has 0 spiro atoms. The SMILES string of the molecule is CCCC/C=C\CCCCCCCC(=O)OCC(COC(=O)CCCCCCCCCCCC/C=C\C/C=C\C/C=C\CCCCCCC)OC(=O)CCCCCCCCCCC/C=C\C/C=C\CCCCCCC. The van der Waals surface area contributed by atoms with E-state index in [1.165, 1.54) is 205 Å². The maximum absolute atomic E-state index is 12.9. The number of allylic oxidation sites excluding steroid dienone is 12. The molecule has 0 heterocycles. The monoisotopic (exact) mass is 1050 g/mol. The van der Waals surface area contributed by atoms with E-state index in [9.17, 15) is 14.4 Å². The molecular weight excluding hydrogens is 925 g/mol. The molecule has 1 atom stereocenters. The highest BCUT2D eigenvalue weighted by Crippen LogP contribution is 2.16. The third kappa shape index (κ3) is 61.6. The van der Waals surface area contributed by atoms with E-state index < -0.39 is 6.10 Å². The molecular formula is C69H122O6. The highest BCUT2D eigenvalue weighted by Gasteiger charge is 2.19. The first-order valence-corrected chi connectivity index (χ1v) is 32.4. The molecule has 0 aromatic carbocycles. The summed E-state index contributed by atoms with van der Waals surface area (Å²) in [5.74, 6) is -0.886. The van der Waals surface area contributed by atoms with Crippen LogP contribution in [0.2, 0.25) is 0 Å². The first kappa shape index (κ1) is 71.8. The fourth-order valence-corrected chi connectivity index (χ4v) is 9.23. The summed E-state index contributed by atoms with van der Waals surface area (Å²) < 4.78 is 16.9. The predicted octanol–water partition coefficient (Wildman–Crippen LogP) is 22.1. The second-order valence-corrected chi connectivity index (χ2v) is 21.7. The first-order valence-electron chi connectivity index (χ1n) is 32.4. The van der Waals surface area contributed by atoms with Crippen LogP contribution < -0.4 is 0 Å². The van der Waals surface area contributed by atoms with Gasteiger partial charge in [0.25, 0.3) is 0 Å². The van der Waals surface area contributed by atoms with Crippen LogP contribution in [0, 0.1) is 0 Å². The molecule has 0 bridgehead atoms. The Balaban J connectivity index is 4.28. The van der Waals surface area contributed by atoms with E-state index in [-0.39, 0.29) is 31.1 Å². The summed E-state index contributed by atoms with van der Waals surface area (Å²) in [6.45, 7) is 6.60. The number of esters is 3. The average Bonchev–Trinajstić information content (AvgIpc) is 3.41. The maximum Gasteiger partial charge on any atom is 0.306 e. The van der Waals surface area contributed by atoms with Crippen molar-refractivity contribution in [2.75, 3.05) is 13.2 Å². The molecule has 0 aromatic rings. The van der Waals surface area contributed by atoms with Gasteiger partial charge in [0.2, 0.25) is 0 Å². The third-order valence-corrected chi connectivity index (χ3v) is 14.2. The zero-order valence-corrected chi connectivity index (χ0v) is 49.8. The van der Waals surface area contributed by atoms with Crippen molar-refractivity contribution in [1.29, 1.82) is 0 Å². The van der Waals surface area contributed by atoms with E-state index in [1.807, 2.05) is 0 Å². The quantitative estimate of drug-likeness (QED) is 0.0261. The van der Waals surface area contributed by atoms with Crippen molar-refractivity contribution in [1.82, 2.24) is 0 Å². The van der Waals surface area contributed by atoms with Crippen molar-refractivity contribution >= 4 is 17.9 Å². The third-order valence-electron chi connectivity index (χ3n) is 14.2. The summed E-state index contributed by atoms with van der Waals surface area (Å²) in [4.78, 5) is 38.3. The Morgan fingerprint density at radius 1 is 0.267 bits per heavy atom. The van der Waals surface area contributed by atoms with Gasteiger partial charge in [-0.05, 0) is 109 Å². The highest BCUT2D eigenvalue weighted by atomic mass is 16.6. The van der Waals surface area contributed by atoms with Gasteiger partial charge in [-0.3, -0.25) is 14.4 Å². The number of ether oxygens (including phenoxy) is 3. The molecule has 1 unspecified atom stereocenters. The molecule has 0 N–H and O–H groups in total. The lowest BCUT2D eigenvalue weighted by atomic mass is 10.0. The van der Waals surface area contributed by atoms with Crippen LogP contribution in [0.15, 0.2) is 72.9 Å². The molecule has 0 aliphatic heterocycles. The van der Waals surface area contributed by atoms with E-state index in [4.69, 9.17) is 14.2 Å². The van der Waals surface area contributed by atoms with Crippen molar-refractivity contribution in [3.8, 4) is 0 Å². The van der Waals surface area contributed by atoms with Crippen LogP contribution in [0.4, 0.5) is 0 Å². The molecule has 434 valence electrons. The Bertz CT molecular complexity index is 1390. The second kappa shape index (κ2) is 63.4. The molecule has 0 fully saturated rings. The van der Waals surface area contributed by atoms with Crippen LogP contribution in [-0.4, -0.2) is 37.2 Å². The van der Waals surface area contributed by atoms with Crippen molar-refractivity contribution in [3.05, 3.63) is 72.9 Å². The molecule has 6 nitrogen and oxygen atoms in total. The van der Waals surface area contributed by atoms with Crippen LogP contribution in [0.1, 0.15) is 329 Å². The topological polar surface area (TPSA) is 78.9 Å². The van der Waals surface area contributed by atoms with Gasteiger partial charge in [-0.15, -0.1) is 0 Å². The van der Waals surface area contributed by atoms with Crippen LogP contribution >= 0.6 is 0 Å². The summed E-state index contributed by atoms with van der Waals surface area (Å²) in [6.07, 6.45) is 82.0. The number of unbranched alkanes of at least 4 members (excludes halogenated alkanes) is 36. The van der Waals surface area contributed by atoms with E-state index >= 15 is 0 Å². The minimum Gasteiger partial charge on any atom is -0.462 e. The first-order chi connectivity index (χ1) is 37.0. The van der Waals surface area contributed by atoms with Crippen LogP contribution in [0.25, 0.3) is 0 Å². The number of carbonyl (C=O) groups is 3. The Labute approximate surface area is 465 Å². The Morgan fingerprint density at radius 2 is 0.493 bits per heavy atom. The summed E-state index contributed by atoms with van der Waals surface area (Å²) in [6, 6.07) is 0. The van der Waals surface area contributed by atoms with Gasteiger partial charge in [0.05, 0.1) is 0 Å². The zero-order chi connectivity index (χ0) is 54.3. The lowest BCUT2D eigenvalue weighted by molar-refractivity contribution is -0.167. The summed E-state index contributed by atoms with van der Waals surface area (Å²) in [5, 5.41) is 0. The largest absolute Gasteiger partial charge is 0.462 e. The lowest BCUT2D eigenvalue weighted by Crippen LogP contribution is -2.30. The maximum atomic E-state index is 12.9. The van der Waals surface area contributed by atoms with Crippen molar-refractivity contribution in [2.45, 2.75) is 335 Å². The molecule has 0 aromatic heterocycles. The predicted molar refractivity (Wildman–Crippen MR) is 325 cm³/mol. The summed E-state index contributed by atoms with van der Waals surface area (Å²) >= 11 is 0. The van der Waals surface area contributed by atoms with Gasteiger partial charge in [0, 0.05) is 19.3 Å². The van der Waals surface area contributed by atoms with Crippen LogP contribution in [-0.2, 0) is 28.6 Å². The highest BCUT2D eigenvalue weighted by molar-refractivity contribution is 5.71. The van der Waals surface area contributed by atoms with Gasteiger partial charge >= 0.3 is 17.9 Å². The van der Waals surface area contributed by atoms with Crippen molar-refractivity contribution < 1.29 is 28.6 Å². The van der Waals surface area contributed by atoms with Crippen LogP contribution in [0.5, 0.6) is 0 Å². The molecule has 0 radical (unpaired) electrons. The summed E-state index contributed by atoms with van der Waals surface area (Å²) in [7, 11) is 0. The average molecular weight is 1050 g/mol. The Kier molecular flexibility index (Phi) is 60.7. The fourth-order valence-electron chi connectivity index (χ4n) is 9.23. The molecule has 0 saturated heterocycles. The van der Waals surface area contributed by atoms with E-state index in [2.05, 4.69) is 93.7 Å². The van der Waals surface area contributed by atoms with Gasteiger partial charge in [-0.2, -0.15) is 0 Å². The molecule has 6 heteroatoms. The van der Waals surface area contributed by atoms with Crippen molar-refractivity contribution in [2.24, 2.45) is 0 Å². The molecule has 0 rings (SSSR count). The van der Waals surface area contributed by atoms with Gasteiger partial charge in [0.15, 0.2) is 6.10 Å². The normalized spacial score (nSPS) is 12.5. The standard InChI is InChI=1S/C69H122O6/c1-4-7-10-13-16-19-22-24-26-28-30-32-33-34-35-37-38-40-42-44-47-50-53-56-59-62-68(71)74-65-66(64-73-67(70)61-58-55-52-49-46-21-18-15-12-9-6-3)75-69(72)63-60-57-54-51-48-45-43-41-39-36-31-29-27-25-23-20-17-14-11-8-5-2/h15,18,22-25,28-31,33-34,66H,4-14,16-17,19-21,26-27,32,35-65H2,1-3H3/b18-15-,24-22-,25-23-,30-28-,31-29-,34-33-. The van der Waals surface area contributed by atoms with Gasteiger partial charge in [-0.25, -0.2) is 0 Å². The number of carbonyl (C=O) groups excluding carboxylic acids is 3. The molecule has 0 aliphatic rings. The minimum absolute atomic E-state index is 0.0806. The van der Waals surface area contributed by atoms with Crippen molar-refractivity contribution in [3.63, 3.8) is 0 Å². The number of rotatable bonds is 59. The van der Waals surface area contributed by atoms with Gasteiger partial charge in [0.1, 0.15) is 13.2 Å². The summed E-state index contributed by atoms with van der Waals surface area (Å²) in [5.41, 5.74) is 0. The molecule has 0 aliphatic carbocycles. The van der Waals surface area contributed by atoms with E-state index in [0.29, 0.717) is 19.3 Å². The molecule has 0 saturated carbocycles. The Morgan fingerprint density at radius 3 is 0.800 bits per heavy atom. The Hall–Kier alpha value is -3.15. The number of hydrogen-bond donors (Lipinski definition) is 0. The van der Waals surface area contributed by atoms with E-state index in [1.54, 1.807) is 0 Å². The molecule has 75 heavy (non-hydrogen) atoms. The zero-order valence-electron chi connectivity index (χ0n) is 49.8. The van der Waals surface area contributed by atoms with Gasteiger partial charge in [-0.1, -0.05) is 273 Å². The van der Waals surface area contributed by atoms with Gasteiger partial charge < -0.3 is 14.2 Å². The van der Waals surface area contributed by atoms with E-state index in [0.717, 1.165) is 83.5 Å². The smallest absolute Gasteiger partial charge is 0.306 e. The molecule has 0 amide bonds. The van der Waals surface area contributed by atoms with Crippen LogP contribution in [0.3, 0.4) is 0 Å². The minimum atomic E-state index is -0.783.